The second-order valence-electron chi connectivity index (χ2n) is 7.40. The third-order valence-electron chi connectivity index (χ3n) is 4.99. The minimum atomic E-state index is 0. The third-order valence-corrected chi connectivity index (χ3v) is 4.99. The first-order valence-electron chi connectivity index (χ1n) is 9.02. The number of nitrogens with zero attached hydrogens (tertiary/aromatic N) is 1. The predicted molar refractivity (Wildman–Crippen MR) is 111 cm³/mol. The Labute approximate surface area is 169 Å². The van der Waals surface area contributed by atoms with Gasteiger partial charge in [0, 0.05) is 30.7 Å². The van der Waals surface area contributed by atoms with E-state index in [4.69, 9.17) is 4.74 Å². The van der Waals surface area contributed by atoms with Crippen molar-refractivity contribution in [1.29, 1.82) is 0 Å². The molecule has 2 bridgehead atoms. The summed E-state index contributed by atoms with van der Waals surface area (Å²) in [7, 11) is 4.05. The zero-order chi connectivity index (χ0) is 16.9. The lowest BCUT2D eigenvalue weighted by molar-refractivity contribution is -0.117. The van der Waals surface area contributed by atoms with E-state index in [2.05, 4.69) is 15.5 Å². The number of halogens is 2. The molecule has 1 amide bonds. The Balaban J connectivity index is 0.00000169. The molecule has 0 radical (unpaired) electrons. The van der Waals surface area contributed by atoms with E-state index in [-0.39, 0.29) is 30.7 Å². The Bertz CT molecular complexity index is 542. The number of hydrogen-bond acceptors (Lipinski definition) is 4. The maximum absolute atomic E-state index is 12.3. The smallest absolute Gasteiger partial charge is 0.224 e. The maximum Gasteiger partial charge on any atom is 0.224 e. The van der Waals surface area contributed by atoms with Gasteiger partial charge in [-0.25, -0.2) is 0 Å². The number of amides is 1. The van der Waals surface area contributed by atoms with Crippen LogP contribution in [0.2, 0.25) is 0 Å². The Morgan fingerprint density at radius 1 is 1.15 bits per heavy atom. The van der Waals surface area contributed by atoms with Gasteiger partial charge in [-0.1, -0.05) is 0 Å². The largest absolute Gasteiger partial charge is 0.492 e. The first-order valence-corrected chi connectivity index (χ1v) is 9.02. The fourth-order valence-electron chi connectivity index (χ4n) is 3.80. The minimum absolute atomic E-state index is 0. The lowest BCUT2D eigenvalue weighted by atomic mass is 9.89. The van der Waals surface area contributed by atoms with Crippen LogP contribution in [0.3, 0.4) is 0 Å². The van der Waals surface area contributed by atoms with Gasteiger partial charge in [0.25, 0.3) is 0 Å². The van der Waals surface area contributed by atoms with E-state index in [0.29, 0.717) is 31.0 Å². The number of rotatable bonds is 7. The summed E-state index contributed by atoms with van der Waals surface area (Å²) in [6.45, 7) is 1.55. The Morgan fingerprint density at radius 2 is 1.77 bits per heavy atom. The molecule has 2 unspecified atom stereocenters. The summed E-state index contributed by atoms with van der Waals surface area (Å²) in [6, 6.07) is 8.93. The predicted octanol–water partition coefficient (Wildman–Crippen LogP) is 3.33. The molecule has 26 heavy (non-hydrogen) atoms. The van der Waals surface area contributed by atoms with Crippen molar-refractivity contribution in [3.05, 3.63) is 24.3 Å². The molecule has 3 rings (SSSR count). The SMILES string of the molecule is CN(C)CCOc1ccc(NC(=O)CC2CC3CCC(C2)N3)cc1.Cl.Cl. The molecule has 2 N–H and O–H groups in total. The number of hydrogen-bond donors (Lipinski definition) is 2. The molecule has 1 aromatic carbocycles. The van der Waals surface area contributed by atoms with Gasteiger partial charge in [-0.2, -0.15) is 0 Å². The first-order chi connectivity index (χ1) is 11.6. The van der Waals surface area contributed by atoms with Crippen molar-refractivity contribution in [1.82, 2.24) is 10.2 Å². The number of piperidine rings is 1. The van der Waals surface area contributed by atoms with Crippen LogP contribution in [0.25, 0.3) is 0 Å². The second kappa shape index (κ2) is 11.0. The summed E-state index contributed by atoms with van der Waals surface area (Å²) in [5.74, 6) is 1.49. The average Bonchev–Trinajstić information content (AvgIpc) is 2.87. The Hall–Kier alpha value is -1.01. The highest BCUT2D eigenvalue weighted by Crippen LogP contribution is 2.32. The number of nitrogens with one attached hydrogen (secondary N) is 2. The number of carbonyl (C=O) groups excluding carboxylic acids is 1. The minimum Gasteiger partial charge on any atom is -0.492 e. The number of benzene rings is 1. The van der Waals surface area contributed by atoms with Gasteiger partial charge in [0.2, 0.25) is 5.91 Å². The molecule has 148 valence electrons. The van der Waals surface area contributed by atoms with Crippen LogP contribution >= 0.6 is 24.8 Å². The van der Waals surface area contributed by atoms with Crippen molar-refractivity contribution >= 4 is 36.4 Å². The summed E-state index contributed by atoms with van der Waals surface area (Å²) >= 11 is 0. The summed E-state index contributed by atoms with van der Waals surface area (Å²) in [4.78, 5) is 14.4. The molecule has 2 heterocycles. The molecule has 2 atom stereocenters. The van der Waals surface area contributed by atoms with Crippen LogP contribution in [-0.4, -0.2) is 50.1 Å². The van der Waals surface area contributed by atoms with Gasteiger partial charge in [-0.3, -0.25) is 4.79 Å². The lowest BCUT2D eigenvalue weighted by Crippen LogP contribution is -2.39. The van der Waals surface area contributed by atoms with Gasteiger partial charge >= 0.3 is 0 Å². The summed E-state index contributed by atoms with van der Waals surface area (Å²) in [5, 5.41) is 6.64. The highest BCUT2D eigenvalue weighted by molar-refractivity contribution is 5.90. The van der Waals surface area contributed by atoms with Gasteiger partial charge in [-0.15, -0.1) is 24.8 Å². The molecule has 0 saturated carbocycles. The topological polar surface area (TPSA) is 53.6 Å². The number of likely N-dealkylation sites (N-methyl/N-ethyl adjacent to an activating group) is 1. The molecule has 0 aromatic heterocycles. The molecule has 2 aliphatic heterocycles. The second-order valence-corrected chi connectivity index (χ2v) is 7.40. The Kier molecular flexibility index (Phi) is 9.72. The monoisotopic (exact) mass is 403 g/mol. The standard InChI is InChI=1S/C19H29N3O2.2ClH/c1-22(2)9-10-24-18-7-5-15(6-8-18)21-19(23)13-14-11-16-3-4-17(12-14)20-16;;/h5-8,14,16-17,20H,3-4,9-13H2,1-2H3,(H,21,23);2*1H. The number of carbonyl (C=O) groups is 1. The fourth-order valence-corrected chi connectivity index (χ4v) is 3.80. The van der Waals surface area contributed by atoms with Crippen molar-refractivity contribution < 1.29 is 9.53 Å². The molecule has 5 nitrogen and oxygen atoms in total. The molecule has 1 aromatic rings. The van der Waals surface area contributed by atoms with Crippen LogP contribution in [0.5, 0.6) is 5.75 Å². The van der Waals surface area contributed by atoms with Crippen molar-refractivity contribution in [3.63, 3.8) is 0 Å². The quantitative estimate of drug-likeness (QED) is 0.732. The van der Waals surface area contributed by atoms with Crippen LogP contribution in [0.15, 0.2) is 24.3 Å². The molecule has 7 heteroatoms. The molecular formula is C19H31Cl2N3O2. The number of fused-ring (bicyclic) bond motifs is 2. The average molecular weight is 404 g/mol. The maximum atomic E-state index is 12.3. The van der Waals surface area contributed by atoms with Crippen LogP contribution in [-0.2, 0) is 4.79 Å². The number of anilines is 1. The molecule has 0 spiro atoms. The molecule has 0 aliphatic carbocycles. The molecule has 2 fully saturated rings. The van der Waals surface area contributed by atoms with E-state index in [1.54, 1.807) is 0 Å². The van der Waals surface area contributed by atoms with E-state index in [9.17, 15) is 4.79 Å². The van der Waals surface area contributed by atoms with Crippen LogP contribution < -0.4 is 15.4 Å². The molecular weight excluding hydrogens is 373 g/mol. The summed E-state index contributed by atoms with van der Waals surface area (Å²) in [5.41, 5.74) is 0.844. The molecule has 2 aliphatic rings. The Morgan fingerprint density at radius 3 is 2.35 bits per heavy atom. The highest BCUT2D eigenvalue weighted by atomic mass is 35.5. The van der Waals surface area contributed by atoms with E-state index < -0.39 is 0 Å². The first kappa shape index (κ1) is 23.0. The zero-order valence-corrected chi connectivity index (χ0v) is 17.2. The molecule has 2 saturated heterocycles. The highest BCUT2D eigenvalue weighted by Gasteiger charge is 2.34. The third kappa shape index (κ3) is 6.95. The van der Waals surface area contributed by atoms with E-state index >= 15 is 0 Å². The van der Waals surface area contributed by atoms with Gasteiger partial charge < -0.3 is 20.3 Å². The fraction of sp³-hybridized carbons (Fsp3) is 0.632. The number of ether oxygens (including phenoxy) is 1. The lowest BCUT2D eigenvalue weighted by Gasteiger charge is -2.28. The van der Waals surface area contributed by atoms with Crippen LogP contribution in [0.4, 0.5) is 5.69 Å². The van der Waals surface area contributed by atoms with Gasteiger partial charge in [0.15, 0.2) is 0 Å². The van der Waals surface area contributed by atoms with Gasteiger partial charge in [0.05, 0.1) is 0 Å². The zero-order valence-electron chi connectivity index (χ0n) is 15.6. The van der Waals surface area contributed by atoms with Crippen LogP contribution in [0.1, 0.15) is 32.1 Å². The van der Waals surface area contributed by atoms with E-state index in [1.807, 2.05) is 38.4 Å². The summed E-state index contributed by atoms with van der Waals surface area (Å²) in [6.07, 6.45) is 5.47. The van der Waals surface area contributed by atoms with E-state index in [1.165, 1.54) is 12.8 Å². The van der Waals surface area contributed by atoms with E-state index in [0.717, 1.165) is 30.8 Å². The van der Waals surface area contributed by atoms with Crippen molar-refractivity contribution in [2.45, 2.75) is 44.2 Å². The van der Waals surface area contributed by atoms with Crippen molar-refractivity contribution in [2.75, 3.05) is 32.6 Å². The van der Waals surface area contributed by atoms with Crippen molar-refractivity contribution in [3.8, 4) is 5.75 Å². The van der Waals surface area contributed by atoms with Gasteiger partial charge in [0.1, 0.15) is 12.4 Å². The van der Waals surface area contributed by atoms with Crippen LogP contribution in [0, 0.1) is 5.92 Å². The normalized spacial score (nSPS) is 23.7. The van der Waals surface area contributed by atoms with Crippen molar-refractivity contribution in [2.24, 2.45) is 5.92 Å². The summed E-state index contributed by atoms with van der Waals surface area (Å²) < 4.78 is 5.67. The van der Waals surface area contributed by atoms with Gasteiger partial charge in [-0.05, 0) is 70.0 Å².